The Morgan fingerprint density at radius 2 is 1.72 bits per heavy atom. The molecule has 1 unspecified atom stereocenters. The number of ketones is 1. The van der Waals surface area contributed by atoms with Gasteiger partial charge in [-0.15, -0.1) is 6.58 Å². The number of Topliss-reactive ketones (excluding diaryl/α,β-unsaturated/α-hetero) is 1. The SMILES string of the molecule is C=CCN1C(=O)C(=O)/C(=C(\O)c2ccc(OCC)cc2)C1c1ccc(OC)cc1. The van der Waals surface area contributed by atoms with Crippen LogP contribution in [-0.2, 0) is 9.59 Å². The Bertz CT molecular complexity index is 944. The van der Waals surface area contributed by atoms with Crippen LogP contribution in [0.2, 0.25) is 0 Å². The molecule has 1 aliphatic heterocycles. The second-order valence-corrected chi connectivity index (χ2v) is 6.47. The normalized spacial score (nSPS) is 18.0. The molecule has 2 aromatic rings. The smallest absolute Gasteiger partial charge is 0.295 e. The predicted octanol–water partition coefficient (Wildman–Crippen LogP) is 3.70. The van der Waals surface area contributed by atoms with E-state index < -0.39 is 17.7 Å². The molecule has 2 aromatic carbocycles. The fourth-order valence-electron chi connectivity index (χ4n) is 3.37. The van der Waals surface area contributed by atoms with Crippen LogP contribution in [0.3, 0.4) is 0 Å². The number of likely N-dealkylation sites (tertiary alicyclic amines) is 1. The zero-order valence-electron chi connectivity index (χ0n) is 16.4. The maximum Gasteiger partial charge on any atom is 0.295 e. The van der Waals surface area contributed by atoms with Crippen LogP contribution in [0.1, 0.15) is 24.1 Å². The highest BCUT2D eigenvalue weighted by Crippen LogP contribution is 2.39. The van der Waals surface area contributed by atoms with E-state index in [4.69, 9.17) is 9.47 Å². The van der Waals surface area contributed by atoms with Crippen LogP contribution in [0.5, 0.6) is 11.5 Å². The number of carbonyl (C=O) groups excluding carboxylic acids is 2. The average Bonchev–Trinajstić information content (AvgIpc) is 2.99. The average molecular weight is 393 g/mol. The Balaban J connectivity index is 2.10. The molecule has 1 heterocycles. The number of rotatable bonds is 7. The van der Waals surface area contributed by atoms with Crippen molar-refractivity contribution in [3.8, 4) is 11.5 Å². The first-order chi connectivity index (χ1) is 14.0. The summed E-state index contributed by atoms with van der Waals surface area (Å²) in [6.07, 6.45) is 1.55. The standard InChI is InChI=1S/C23H23NO5/c1-4-14-24-20(15-6-10-17(28-3)11-7-15)19(22(26)23(24)27)21(25)16-8-12-18(13-9-16)29-5-2/h4,6-13,20,25H,1,5,14H2,2-3H3/b21-19-. The largest absolute Gasteiger partial charge is 0.507 e. The van der Waals surface area contributed by atoms with Crippen molar-refractivity contribution in [2.24, 2.45) is 0 Å². The lowest BCUT2D eigenvalue weighted by atomic mass is 9.95. The summed E-state index contributed by atoms with van der Waals surface area (Å²) in [5.74, 6) is -0.306. The molecule has 1 aliphatic rings. The number of amides is 1. The number of ether oxygens (including phenoxy) is 2. The van der Waals surface area contributed by atoms with Crippen LogP contribution in [-0.4, -0.2) is 42.0 Å². The van der Waals surface area contributed by atoms with Crippen molar-refractivity contribution < 1.29 is 24.2 Å². The van der Waals surface area contributed by atoms with Gasteiger partial charge in [0.05, 0.1) is 25.3 Å². The third-order valence-electron chi connectivity index (χ3n) is 4.74. The van der Waals surface area contributed by atoms with Crippen LogP contribution in [0, 0.1) is 0 Å². The molecular formula is C23H23NO5. The third-order valence-corrected chi connectivity index (χ3v) is 4.74. The molecule has 0 radical (unpaired) electrons. The van der Waals surface area contributed by atoms with Gasteiger partial charge in [-0.2, -0.15) is 0 Å². The van der Waals surface area contributed by atoms with E-state index in [1.807, 2.05) is 6.92 Å². The van der Waals surface area contributed by atoms with E-state index in [-0.39, 0.29) is 17.9 Å². The second-order valence-electron chi connectivity index (χ2n) is 6.47. The lowest BCUT2D eigenvalue weighted by Crippen LogP contribution is -2.29. The van der Waals surface area contributed by atoms with Gasteiger partial charge in [0, 0.05) is 12.1 Å². The van der Waals surface area contributed by atoms with Gasteiger partial charge in [0.1, 0.15) is 17.3 Å². The zero-order valence-corrected chi connectivity index (χ0v) is 16.4. The summed E-state index contributed by atoms with van der Waals surface area (Å²) in [5, 5.41) is 10.9. The molecule has 1 amide bonds. The Labute approximate surface area is 169 Å². The van der Waals surface area contributed by atoms with Gasteiger partial charge in [-0.1, -0.05) is 18.2 Å². The molecule has 150 valence electrons. The van der Waals surface area contributed by atoms with E-state index in [2.05, 4.69) is 6.58 Å². The summed E-state index contributed by atoms with van der Waals surface area (Å²) in [5.41, 5.74) is 1.18. The van der Waals surface area contributed by atoms with Crippen molar-refractivity contribution in [2.45, 2.75) is 13.0 Å². The Morgan fingerprint density at radius 3 is 2.28 bits per heavy atom. The Hall–Kier alpha value is -3.54. The van der Waals surface area contributed by atoms with Crippen molar-refractivity contribution in [1.82, 2.24) is 4.90 Å². The topological polar surface area (TPSA) is 76.1 Å². The maximum atomic E-state index is 12.8. The fourth-order valence-corrected chi connectivity index (χ4v) is 3.37. The molecule has 0 spiro atoms. The lowest BCUT2D eigenvalue weighted by Gasteiger charge is -2.24. The number of carbonyl (C=O) groups is 2. The van der Waals surface area contributed by atoms with E-state index in [0.717, 1.165) is 0 Å². The first kappa shape index (κ1) is 20.2. The van der Waals surface area contributed by atoms with Crippen LogP contribution in [0.4, 0.5) is 0 Å². The number of methoxy groups -OCH3 is 1. The van der Waals surface area contributed by atoms with Crippen molar-refractivity contribution in [1.29, 1.82) is 0 Å². The summed E-state index contributed by atoms with van der Waals surface area (Å²) in [7, 11) is 1.56. The molecule has 0 aromatic heterocycles. The fraction of sp³-hybridized carbons (Fsp3) is 0.217. The van der Waals surface area contributed by atoms with E-state index in [0.29, 0.717) is 29.2 Å². The highest BCUT2D eigenvalue weighted by molar-refractivity contribution is 6.46. The first-order valence-corrected chi connectivity index (χ1v) is 9.28. The van der Waals surface area contributed by atoms with Gasteiger partial charge in [0.2, 0.25) is 0 Å². The van der Waals surface area contributed by atoms with E-state index in [9.17, 15) is 14.7 Å². The third kappa shape index (κ3) is 3.87. The van der Waals surface area contributed by atoms with Crippen molar-refractivity contribution in [3.63, 3.8) is 0 Å². The molecule has 29 heavy (non-hydrogen) atoms. The molecule has 6 heteroatoms. The van der Waals surface area contributed by atoms with Gasteiger partial charge >= 0.3 is 0 Å². The second kappa shape index (κ2) is 8.65. The number of hydrogen-bond acceptors (Lipinski definition) is 5. The van der Waals surface area contributed by atoms with Gasteiger partial charge < -0.3 is 19.5 Å². The number of nitrogens with zero attached hydrogens (tertiary/aromatic N) is 1. The van der Waals surface area contributed by atoms with Gasteiger partial charge in [0.15, 0.2) is 0 Å². The van der Waals surface area contributed by atoms with E-state index in [1.54, 1.807) is 61.7 Å². The first-order valence-electron chi connectivity index (χ1n) is 9.28. The summed E-state index contributed by atoms with van der Waals surface area (Å²) >= 11 is 0. The minimum absolute atomic E-state index is 0.0474. The minimum atomic E-state index is -0.723. The van der Waals surface area contributed by atoms with Crippen molar-refractivity contribution in [3.05, 3.63) is 77.9 Å². The van der Waals surface area contributed by atoms with Gasteiger partial charge in [-0.3, -0.25) is 9.59 Å². The molecule has 0 bridgehead atoms. The summed E-state index contributed by atoms with van der Waals surface area (Å²) in [6, 6.07) is 13.1. The van der Waals surface area contributed by atoms with Gasteiger partial charge in [0.25, 0.3) is 11.7 Å². The molecular weight excluding hydrogens is 370 g/mol. The monoisotopic (exact) mass is 393 g/mol. The van der Waals surface area contributed by atoms with E-state index in [1.165, 1.54) is 4.90 Å². The Morgan fingerprint density at radius 1 is 1.10 bits per heavy atom. The van der Waals surface area contributed by atoms with Crippen LogP contribution < -0.4 is 9.47 Å². The molecule has 1 N–H and O–H groups in total. The summed E-state index contributed by atoms with van der Waals surface area (Å²) in [4.78, 5) is 26.8. The summed E-state index contributed by atoms with van der Waals surface area (Å²) < 4.78 is 10.6. The number of aliphatic hydroxyl groups excluding tert-OH is 1. The van der Waals surface area contributed by atoms with E-state index >= 15 is 0 Å². The molecule has 0 saturated carbocycles. The minimum Gasteiger partial charge on any atom is -0.507 e. The van der Waals surface area contributed by atoms with Crippen LogP contribution in [0.15, 0.2) is 66.8 Å². The molecule has 1 atom stereocenters. The zero-order chi connectivity index (χ0) is 21.0. The number of benzene rings is 2. The lowest BCUT2D eigenvalue weighted by molar-refractivity contribution is -0.139. The molecule has 3 rings (SSSR count). The Kier molecular flexibility index (Phi) is 6.02. The van der Waals surface area contributed by atoms with Crippen molar-refractivity contribution >= 4 is 17.4 Å². The molecule has 1 saturated heterocycles. The van der Waals surface area contributed by atoms with Crippen molar-refractivity contribution in [2.75, 3.05) is 20.3 Å². The highest BCUT2D eigenvalue weighted by Gasteiger charge is 2.45. The molecule has 1 fully saturated rings. The quantitative estimate of drug-likeness (QED) is 0.336. The molecule has 6 nitrogen and oxygen atoms in total. The molecule has 0 aliphatic carbocycles. The number of aliphatic hydroxyl groups is 1. The van der Waals surface area contributed by atoms with Crippen LogP contribution >= 0.6 is 0 Å². The number of hydrogen-bond donors (Lipinski definition) is 1. The van der Waals surface area contributed by atoms with Gasteiger partial charge in [-0.05, 0) is 48.9 Å². The highest BCUT2D eigenvalue weighted by atomic mass is 16.5. The maximum absolute atomic E-state index is 12.8. The van der Waals surface area contributed by atoms with Gasteiger partial charge in [-0.25, -0.2) is 0 Å². The summed E-state index contributed by atoms with van der Waals surface area (Å²) in [6.45, 7) is 6.26. The predicted molar refractivity (Wildman–Crippen MR) is 110 cm³/mol. The van der Waals surface area contributed by atoms with Crippen LogP contribution in [0.25, 0.3) is 5.76 Å².